The second-order valence-corrected chi connectivity index (χ2v) is 8.29. The number of nitrogens with zero attached hydrogens (tertiary/aromatic N) is 2. The van der Waals surface area contributed by atoms with Crippen LogP contribution in [0.2, 0.25) is 5.02 Å². The number of carbonyl (C=O) groups is 1. The summed E-state index contributed by atoms with van der Waals surface area (Å²) in [4.78, 5) is 19.5. The minimum Gasteiger partial charge on any atom is -0.381 e. The Morgan fingerprint density at radius 3 is 2.84 bits per heavy atom. The quantitative estimate of drug-likeness (QED) is 0.617. The van der Waals surface area contributed by atoms with Crippen LogP contribution in [0.5, 0.6) is 0 Å². The highest BCUT2D eigenvalue weighted by Gasteiger charge is 2.42. The number of fused-ring (bicyclic) bond motifs is 1. The van der Waals surface area contributed by atoms with Crippen molar-refractivity contribution in [1.29, 1.82) is 0 Å². The topological polar surface area (TPSA) is 57.3 Å². The van der Waals surface area contributed by atoms with Gasteiger partial charge in [0.25, 0.3) is 5.91 Å². The molecule has 3 heterocycles. The van der Waals surface area contributed by atoms with Crippen LogP contribution in [-0.2, 0) is 0 Å². The van der Waals surface area contributed by atoms with Crippen molar-refractivity contribution in [3.8, 4) is 0 Å². The Labute approximate surface area is 185 Å². The predicted molar refractivity (Wildman–Crippen MR) is 120 cm³/mol. The maximum atomic E-state index is 14.3. The Balaban J connectivity index is 1.67. The van der Waals surface area contributed by atoms with E-state index in [-0.39, 0.29) is 11.9 Å². The van der Waals surface area contributed by atoms with Crippen LogP contribution in [0, 0.1) is 5.82 Å². The molecule has 31 heavy (non-hydrogen) atoms. The monoisotopic (exact) mass is 436 g/mol. The molecule has 1 saturated heterocycles. The van der Waals surface area contributed by atoms with Gasteiger partial charge < -0.3 is 10.6 Å². The first kappa shape index (κ1) is 20.0. The van der Waals surface area contributed by atoms with Crippen molar-refractivity contribution < 1.29 is 9.18 Å². The fourth-order valence-electron chi connectivity index (χ4n) is 4.49. The number of rotatable bonds is 4. The van der Waals surface area contributed by atoms with E-state index in [4.69, 9.17) is 11.6 Å². The summed E-state index contributed by atoms with van der Waals surface area (Å²) >= 11 is 6.53. The van der Waals surface area contributed by atoms with E-state index < -0.39 is 11.9 Å². The molecule has 2 aromatic carbocycles. The number of anilines is 2. The number of carbonyl (C=O) groups excluding carboxylic acids is 1. The van der Waals surface area contributed by atoms with E-state index in [1.165, 1.54) is 18.2 Å². The number of hydrogen-bond acceptors (Lipinski definition) is 4. The summed E-state index contributed by atoms with van der Waals surface area (Å²) in [5.74, 6) is -0.0769. The molecule has 1 amide bonds. The predicted octanol–water partition coefficient (Wildman–Crippen LogP) is 4.79. The van der Waals surface area contributed by atoms with Gasteiger partial charge in [0.1, 0.15) is 11.6 Å². The number of halogens is 2. The largest absolute Gasteiger partial charge is 0.381 e. The SMILES string of the molecule is O=C1c2cccc(NC3CCCNC3)c2C(c2cc(F)ccc2Cl)N1c1ccccn1. The molecule has 2 aliphatic rings. The number of piperidine rings is 1. The molecule has 0 aliphatic carbocycles. The molecule has 1 aromatic heterocycles. The van der Waals surface area contributed by atoms with Gasteiger partial charge in [-0.25, -0.2) is 9.37 Å². The zero-order valence-electron chi connectivity index (χ0n) is 16.8. The van der Waals surface area contributed by atoms with Crippen LogP contribution >= 0.6 is 11.6 Å². The first-order valence-corrected chi connectivity index (χ1v) is 10.8. The third-order valence-electron chi connectivity index (χ3n) is 5.89. The highest BCUT2D eigenvalue weighted by atomic mass is 35.5. The van der Waals surface area contributed by atoms with Crippen molar-refractivity contribution >= 4 is 29.0 Å². The number of aromatic nitrogens is 1. The summed E-state index contributed by atoms with van der Waals surface area (Å²) in [5, 5.41) is 7.42. The zero-order valence-corrected chi connectivity index (χ0v) is 17.6. The molecular weight excluding hydrogens is 415 g/mol. The molecule has 5 rings (SSSR count). The third-order valence-corrected chi connectivity index (χ3v) is 6.24. The lowest BCUT2D eigenvalue weighted by Gasteiger charge is -2.29. The van der Waals surface area contributed by atoms with Crippen molar-refractivity contribution in [2.75, 3.05) is 23.3 Å². The maximum absolute atomic E-state index is 14.3. The summed E-state index contributed by atoms with van der Waals surface area (Å²) in [6.45, 7) is 1.87. The molecule has 0 bridgehead atoms. The molecule has 2 N–H and O–H groups in total. The van der Waals surface area contributed by atoms with Gasteiger partial charge in [0.05, 0.1) is 6.04 Å². The summed E-state index contributed by atoms with van der Waals surface area (Å²) in [7, 11) is 0. The summed E-state index contributed by atoms with van der Waals surface area (Å²) in [5.41, 5.74) is 2.78. The maximum Gasteiger partial charge on any atom is 0.260 e. The first-order chi connectivity index (χ1) is 15.1. The van der Waals surface area contributed by atoms with Crippen LogP contribution < -0.4 is 15.5 Å². The Morgan fingerprint density at radius 2 is 2.06 bits per heavy atom. The molecule has 1 fully saturated rings. The number of pyridine rings is 1. The molecule has 2 aliphatic heterocycles. The van der Waals surface area contributed by atoms with Gasteiger partial charge in [-0.2, -0.15) is 0 Å². The molecule has 0 spiro atoms. The number of amides is 1. The molecule has 2 unspecified atom stereocenters. The fourth-order valence-corrected chi connectivity index (χ4v) is 4.72. The van der Waals surface area contributed by atoms with E-state index in [0.717, 1.165) is 37.2 Å². The Morgan fingerprint density at radius 1 is 1.16 bits per heavy atom. The molecule has 0 radical (unpaired) electrons. The van der Waals surface area contributed by atoms with Crippen molar-refractivity contribution in [2.45, 2.75) is 24.9 Å². The Bertz CT molecular complexity index is 1120. The minimum absolute atomic E-state index is 0.176. The van der Waals surface area contributed by atoms with Crippen LogP contribution in [0.1, 0.15) is 40.4 Å². The molecule has 158 valence electrons. The van der Waals surface area contributed by atoms with Crippen LogP contribution in [-0.4, -0.2) is 30.0 Å². The third kappa shape index (κ3) is 3.66. The molecule has 2 atom stereocenters. The normalized spacial score (nSPS) is 20.6. The average molecular weight is 437 g/mol. The van der Waals surface area contributed by atoms with Gasteiger partial charge in [-0.05, 0) is 61.9 Å². The van der Waals surface area contributed by atoms with Gasteiger partial charge in [-0.1, -0.05) is 23.7 Å². The molecular formula is C24H22ClFN4O. The van der Waals surface area contributed by atoms with Crippen LogP contribution in [0.25, 0.3) is 0 Å². The average Bonchev–Trinajstić information content (AvgIpc) is 3.10. The number of hydrogen-bond donors (Lipinski definition) is 2. The van der Waals surface area contributed by atoms with Crippen molar-refractivity contribution in [1.82, 2.24) is 10.3 Å². The summed E-state index contributed by atoms with van der Waals surface area (Å²) < 4.78 is 14.3. The van der Waals surface area contributed by atoms with E-state index in [1.807, 2.05) is 24.3 Å². The lowest BCUT2D eigenvalue weighted by atomic mass is 9.95. The molecule has 3 aromatic rings. The van der Waals surface area contributed by atoms with E-state index in [1.54, 1.807) is 23.2 Å². The standard InChI is InChI=1S/C24H22ClFN4O/c25-19-10-9-15(26)13-18(19)23-22-17(24(31)30(23)21-8-1-2-12-28-21)6-3-7-20(22)29-16-5-4-11-27-14-16/h1-3,6-10,12-13,16,23,27,29H,4-5,11,14H2. The molecule has 0 saturated carbocycles. The van der Waals surface area contributed by atoms with Crippen molar-refractivity contribution in [3.05, 3.63) is 88.3 Å². The lowest BCUT2D eigenvalue weighted by Crippen LogP contribution is -2.38. The summed E-state index contributed by atoms with van der Waals surface area (Å²) in [6.07, 6.45) is 3.77. The van der Waals surface area contributed by atoms with Crippen LogP contribution in [0.4, 0.5) is 15.9 Å². The second kappa shape index (κ2) is 8.29. The van der Waals surface area contributed by atoms with Gasteiger partial charge in [-0.15, -0.1) is 0 Å². The zero-order chi connectivity index (χ0) is 21.4. The smallest absolute Gasteiger partial charge is 0.260 e. The van der Waals surface area contributed by atoms with Crippen molar-refractivity contribution in [2.24, 2.45) is 0 Å². The highest BCUT2D eigenvalue weighted by Crippen LogP contribution is 2.46. The van der Waals surface area contributed by atoms with E-state index >= 15 is 0 Å². The van der Waals surface area contributed by atoms with Gasteiger partial charge >= 0.3 is 0 Å². The lowest BCUT2D eigenvalue weighted by molar-refractivity contribution is 0.0993. The fraction of sp³-hybridized carbons (Fsp3) is 0.250. The number of benzene rings is 2. The summed E-state index contributed by atoms with van der Waals surface area (Å²) in [6, 6.07) is 15.0. The van der Waals surface area contributed by atoms with Gasteiger partial charge in [0.2, 0.25) is 0 Å². The second-order valence-electron chi connectivity index (χ2n) is 7.89. The molecule has 5 nitrogen and oxygen atoms in total. The van der Waals surface area contributed by atoms with E-state index in [9.17, 15) is 9.18 Å². The van der Waals surface area contributed by atoms with Crippen LogP contribution in [0.15, 0.2) is 60.8 Å². The van der Waals surface area contributed by atoms with E-state index in [2.05, 4.69) is 15.6 Å². The van der Waals surface area contributed by atoms with Gasteiger partial charge in [-0.3, -0.25) is 9.69 Å². The van der Waals surface area contributed by atoms with Crippen molar-refractivity contribution in [3.63, 3.8) is 0 Å². The number of nitrogens with one attached hydrogen (secondary N) is 2. The van der Waals surface area contributed by atoms with Gasteiger partial charge in [0.15, 0.2) is 0 Å². The first-order valence-electron chi connectivity index (χ1n) is 10.4. The van der Waals surface area contributed by atoms with E-state index in [0.29, 0.717) is 22.0 Å². The Kier molecular flexibility index (Phi) is 5.34. The Hall–Kier alpha value is -2.96. The minimum atomic E-state index is -0.583. The molecule has 7 heteroatoms. The highest BCUT2D eigenvalue weighted by molar-refractivity contribution is 6.31. The van der Waals surface area contributed by atoms with Crippen LogP contribution in [0.3, 0.4) is 0 Å². The van der Waals surface area contributed by atoms with Gasteiger partial charge in [0, 0.05) is 46.2 Å².